The number of anilines is 3. The Bertz CT molecular complexity index is 1090. The summed E-state index contributed by atoms with van der Waals surface area (Å²) in [6.07, 6.45) is 7.36. The third kappa shape index (κ3) is 5.15. The van der Waals surface area contributed by atoms with Crippen molar-refractivity contribution >= 4 is 39.8 Å². The lowest BCUT2D eigenvalue weighted by Gasteiger charge is -2.35. The molecule has 160 valence electrons. The summed E-state index contributed by atoms with van der Waals surface area (Å²) in [6.45, 7) is 4.65. The minimum absolute atomic E-state index is 0.119. The van der Waals surface area contributed by atoms with Crippen LogP contribution in [0.5, 0.6) is 0 Å². The lowest BCUT2D eigenvalue weighted by Crippen LogP contribution is -2.48. The van der Waals surface area contributed by atoms with Crippen LogP contribution in [-0.2, 0) is 11.2 Å². The molecule has 0 atom stereocenters. The lowest BCUT2D eigenvalue weighted by atomic mass is 10.1. The molecule has 0 unspecified atom stereocenters. The van der Waals surface area contributed by atoms with E-state index in [0.717, 1.165) is 47.4 Å². The maximum atomic E-state index is 11.5. The fourth-order valence-electron chi connectivity index (χ4n) is 3.44. The molecule has 10 heteroatoms. The molecule has 3 N–H and O–H groups in total. The molecule has 2 amide bonds. The van der Waals surface area contributed by atoms with Crippen molar-refractivity contribution < 1.29 is 9.59 Å². The number of nitrogens with zero attached hydrogens (tertiary/aromatic N) is 5. The first kappa shape index (κ1) is 20.7. The van der Waals surface area contributed by atoms with Crippen molar-refractivity contribution in [1.82, 2.24) is 19.9 Å². The molecule has 0 spiro atoms. The smallest absolute Gasteiger partial charge is 0.250 e. The monoisotopic (exact) mass is 437 g/mol. The van der Waals surface area contributed by atoms with E-state index >= 15 is 0 Å². The fraction of sp³-hybridized carbons (Fsp3) is 0.286. The Balaban J connectivity index is 1.40. The number of pyridine rings is 2. The van der Waals surface area contributed by atoms with Crippen molar-refractivity contribution in [3.05, 3.63) is 59.0 Å². The van der Waals surface area contributed by atoms with Crippen molar-refractivity contribution in [2.24, 2.45) is 5.73 Å². The first-order valence-electron chi connectivity index (χ1n) is 9.90. The number of nitrogens with two attached hydrogens (primary N) is 1. The number of hydrogen-bond donors (Lipinski definition) is 2. The fourth-order valence-corrected chi connectivity index (χ4v) is 4.29. The third-order valence-electron chi connectivity index (χ3n) is 5.08. The zero-order valence-electron chi connectivity index (χ0n) is 17.1. The van der Waals surface area contributed by atoms with Crippen LogP contribution < -0.4 is 16.0 Å². The maximum absolute atomic E-state index is 11.5. The van der Waals surface area contributed by atoms with Crippen LogP contribution in [0.15, 0.2) is 43.0 Å². The van der Waals surface area contributed by atoms with Crippen LogP contribution in [0.25, 0.3) is 0 Å². The molecule has 1 aliphatic heterocycles. The highest BCUT2D eigenvalue weighted by atomic mass is 32.1. The Morgan fingerprint density at radius 3 is 2.68 bits per heavy atom. The van der Waals surface area contributed by atoms with Gasteiger partial charge in [-0.3, -0.25) is 14.6 Å². The summed E-state index contributed by atoms with van der Waals surface area (Å²) in [4.78, 5) is 40.9. The van der Waals surface area contributed by atoms with Gasteiger partial charge in [0.1, 0.15) is 5.82 Å². The molecular formula is C21H23N7O2S. The molecule has 31 heavy (non-hydrogen) atoms. The summed E-state index contributed by atoms with van der Waals surface area (Å²) >= 11 is 1.52. The van der Waals surface area contributed by atoms with Gasteiger partial charge in [-0.15, -0.1) is 11.3 Å². The average Bonchev–Trinajstić information content (AvgIpc) is 3.20. The van der Waals surface area contributed by atoms with Gasteiger partial charge in [0.15, 0.2) is 5.13 Å². The van der Waals surface area contributed by atoms with Gasteiger partial charge in [-0.1, -0.05) is 0 Å². The van der Waals surface area contributed by atoms with Gasteiger partial charge >= 0.3 is 0 Å². The molecule has 3 aromatic rings. The molecule has 4 rings (SSSR count). The highest BCUT2D eigenvalue weighted by Gasteiger charge is 2.19. The van der Waals surface area contributed by atoms with Crippen LogP contribution in [0.3, 0.4) is 0 Å². The largest absolute Gasteiger partial charge is 0.368 e. The number of carbonyl (C=O) groups is 2. The van der Waals surface area contributed by atoms with Gasteiger partial charge in [0.2, 0.25) is 11.8 Å². The molecule has 9 nitrogen and oxygen atoms in total. The lowest BCUT2D eigenvalue weighted by molar-refractivity contribution is -0.129. The van der Waals surface area contributed by atoms with Gasteiger partial charge in [-0.05, 0) is 17.7 Å². The van der Waals surface area contributed by atoms with Crippen LogP contribution in [0.1, 0.15) is 27.7 Å². The number of carbonyl (C=O) groups excluding carboxylic acids is 2. The second-order valence-corrected chi connectivity index (χ2v) is 8.39. The minimum atomic E-state index is -0.491. The van der Waals surface area contributed by atoms with E-state index in [1.165, 1.54) is 17.5 Å². The standard InChI is InChI=1S/C21H23N7O2S/c1-14(29)27-4-6-28(7-5-27)17-2-3-24-19(10-17)26-21-25-13-18(31-21)9-15-8-16(20(22)30)12-23-11-15/h2-3,8,10-13H,4-7,9H2,1H3,(H2,22,30)(H,24,25,26). The van der Waals surface area contributed by atoms with Gasteiger partial charge in [-0.25, -0.2) is 9.97 Å². The van der Waals surface area contributed by atoms with Crippen LogP contribution in [-0.4, -0.2) is 57.8 Å². The van der Waals surface area contributed by atoms with E-state index in [4.69, 9.17) is 5.73 Å². The number of rotatable bonds is 6. The van der Waals surface area contributed by atoms with Gasteiger partial charge in [0.25, 0.3) is 0 Å². The normalized spacial score (nSPS) is 13.8. The maximum Gasteiger partial charge on any atom is 0.250 e. The Labute approximate surface area is 183 Å². The Kier molecular flexibility index (Phi) is 6.08. The quantitative estimate of drug-likeness (QED) is 0.606. The minimum Gasteiger partial charge on any atom is -0.368 e. The second kappa shape index (κ2) is 9.09. The second-order valence-electron chi connectivity index (χ2n) is 7.27. The topological polar surface area (TPSA) is 117 Å². The van der Waals surface area contributed by atoms with Gasteiger partial charge < -0.3 is 20.9 Å². The molecule has 1 fully saturated rings. The molecule has 0 aliphatic carbocycles. The number of nitrogens with one attached hydrogen (secondary N) is 1. The molecule has 3 aromatic heterocycles. The molecule has 0 saturated carbocycles. The van der Waals surface area contributed by atoms with E-state index in [1.54, 1.807) is 31.6 Å². The summed E-state index contributed by atoms with van der Waals surface area (Å²) in [5.74, 6) is 0.341. The van der Waals surface area contributed by atoms with Crippen molar-refractivity contribution in [2.45, 2.75) is 13.3 Å². The number of amides is 2. The predicted molar refractivity (Wildman–Crippen MR) is 120 cm³/mol. The van der Waals surface area contributed by atoms with Gasteiger partial charge in [0.05, 0.1) is 5.56 Å². The van der Waals surface area contributed by atoms with Crippen molar-refractivity contribution in [3.63, 3.8) is 0 Å². The average molecular weight is 438 g/mol. The van der Waals surface area contributed by atoms with Crippen LogP contribution >= 0.6 is 11.3 Å². The summed E-state index contributed by atoms with van der Waals surface area (Å²) in [7, 11) is 0. The third-order valence-corrected chi connectivity index (χ3v) is 5.99. The van der Waals surface area contributed by atoms with E-state index in [2.05, 4.69) is 25.2 Å². The molecule has 0 radical (unpaired) electrons. The Morgan fingerprint density at radius 2 is 1.94 bits per heavy atom. The van der Waals surface area contributed by atoms with E-state index in [0.29, 0.717) is 17.8 Å². The van der Waals surface area contributed by atoms with E-state index in [1.807, 2.05) is 17.0 Å². The number of aromatic nitrogens is 3. The Morgan fingerprint density at radius 1 is 1.13 bits per heavy atom. The zero-order chi connectivity index (χ0) is 21.8. The van der Waals surface area contributed by atoms with Crippen LogP contribution in [0, 0.1) is 0 Å². The van der Waals surface area contributed by atoms with E-state index in [-0.39, 0.29) is 5.91 Å². The first-order chi connectivity index (χ1) is 15.0. The number of hydrogen-bond acceptors (Lipinski definition) is 8. The Hall–Kier alpha value is -3.53. The highest BCUT2D eigenvalue weighted by Crippen LogP contribution is 2.26. The van der Waals surface area contributed by atoms with E-state index in [9.17, 15) is 9.59 Å². The molecule has 0 bridgehead atoms. The van der Waals surface area contributed by atoms with Gasteiger partial charge in [-0.2, -0.15) is 0 Å². The van der Waals surface area contributed by atoms with Gasteiger partial charge in [0, 0.05) is 80.9 Å². The highest BCUT2D eigenvalue weighted by molar-refractivity contribution is 7.15. The molecule has 1 aliphatic rings. The number of primary amides is 1. The van der Waals surface area contributed by atoms with Crippen molar-refractivity contribution in [3.8, 4) is 0 Å². The summed E-state index contributed by atoms with van der Waals surface area (Å²) in [5.41, 5.74) is 7.68. The summed E-state index contributed by atoms with van der Waals surface area (Å²) < 4.78 is 0. The van der Waals surface area contributed by atoms with Crippen LogP contribution in [0.2, 0.25) is 0 Å². The van der Waals surface area contributed by atoms with E-state index < -0.39 is 5.91 Å². The molecule has 1 saturated heterocycles. The van der Waals surface area contributed by atoms with Crippen LogP contribution in [0.4, 0.5) is 16.6 Å². The number of thiazole rings is 1. The zero-order valence-corrected chi connectivity index (χ0v) is 17.9. The molecular weight excluding hydrogens is 414 g/mol. The SMILES string of the molecule is CC(=O)N1CCN(c2ccnc(Nc3ncc(Cc4cncc(C(N)=O)c4)s3)c2)CC1. The first-order valence-corrected chi connectivity index (χ1v) is 10.7. The summed E-state index contributed by atoms with van der Waals surface area (Å²) in [5, 5.41) is 4.00. The molecule has 4 heterocycles. The summed E-state index contributed by atoms with van der Waals surface area (Å²) in [6, 6.07) is 5.71. The predicted octanol–water partition coefficient (Wildman–Crippen LogP) is 2.03. The number of piperazine rings is 1. The van der Waals surface area contributed by atoms with Crippen molar-refractivity contribution in [2.75, 3.05) is 36.4 Å². The van der Waals surface area contributed by atoms with Crippen molar-refractivity contribution in [1.29, 1.82) is 0 Å². The molecule has 0 aromatic carbocycles.